The van der Waals surface area contributed by atoms with Gasteiger partial charge in [-0.1, -0.05) is 30.3 Å². The molecule has 3 aromatic rings. The molecule has 0 spiro atoms. The second-order valence-corrected chi connectivity index (χ2v) is 8.61. The molecule has 1 saturated heterocycles. The second-order valence-electron chi connectivity index (χ2n) is 8.61. The monoisotopic (exact) mass is 502 g/mol. The first kappa shape index (κ1) is 25.4. The van der Waals surface area contributed by atoms with E-state index in [0.717, 1.165) is 17.2 Å². The van der Waals surface area contributed by atoms with Crippen molar-refractivity contribution >= 4 is 28.8 Å². The molecule has 1 aliphatic heterocycles. The first-order valence-electron chi connectivity index (χ1n) is 11.6. The zero-order chi connectivity index (χ0) is 26.9. The summed E-state index contributed by atoms with van der Waals surface area (Å²) in [5.41, 5.74) is 2.26. The van der Waals surface area contributed by atoms with E-state index in [1.54, 1.807) is 24.3 Å². The minimum absolute atomic E-state index is 0.0525. The Bertz CT molecular complexity index is 1440. The van der Waals surface area contributed by atoms with Crippen molar-refractivity contribution in [3.05, 3.63) is 98.6 Å². The number of aliphatic hydroxyl groups excluding tert-OH is 1. The number of hydrogen-bond acceptors (Lipinski definition) is 7. The summed E-state index contributed by atoms with van der Waals surface area (Å²) < 4.78 is 11.1. The number of ether oxygens (including phenoxy) is 2. The predicted molar refractivity (Wildman–Crippen MR) is 138 cm³/mol. The molecular formula is C28H26N2O7. The number of hydrogen-bond donors (Lipinski definition) is 1. The first-order valence-corrected chi connectivity index (χ1v) is 11.6. The topological polar surface area (TPSA) is 119 Å². The standard InChI is InChI=1S/C28H26N2O7/c1-5-37-23-15-18(11-12-22(23)36-4)25-24(26(31)19-7-6-8-20(14-19)30(34)35)27(32)28(33)29(25)21-13-16(2)9-10-17(21)3/h6-15,25,31H,5H2,1-4H3/b26-24+. The van der Waals surface area contributed by atoms with Crippen LogP contribution in [0.3, 0.4) is 0 Å². The largest absolute Gasteiger partial charge is 0.507 e. The molecule has 1 amide bonds. The van der Waals surface area contributed by atoms with Crippen LogP contribution in [0.15, 0.2) is 66.2 Å². The summed E-state index contributed by atoms with van der Waals surface area (Å²) in [4.78, 5) is 39.0. The first-order chi connectivity index (χ1) is 17.7. The molecule has 1 aliphatic rings. The molecule has 190 valence electrons. The highest BCUT2D eigenvalue weighted by Crippen LogP contribution is 2.45. The molecule has 37 heavy (non-hydrogen) atoms. The average Bonchev–Trinajstić information content (AvgIpc) is 3.15. The zero-order valence-electron chi connectivity index (χ0n) is 20.8. The van der Waals surface area contributed by atoms with E-state index in [0.29, 0.717) is 29.4 Å². The highest BCUT2D eigenvalue weighted by molar-refractivity contribution is 6.51. The zero-order valence-corrected chi connectivity index (χ0v) is 20.8. The minimum Gasteiger partial charge on any atom is -0.507 e. The third kappa shape index (κ3) is 4.63. The van der Waals surface area contributed by atoms with E-state index >= 15 is 0 Å². The Labute approximate surface area is 213 Å². The van der Waals surface area contributed by atoms with Gasteiger partial charge in [0.1, 0.15) is 5.76 Å². The maximum Gasteiger partial charge on any atom is 0.300 e. The normalized spacial score (nSPS) is 16.6. The maximum atomic E-state index is 13.5. The summed E-state index contributed by atoms with van der Waals surface area (Å²) in [5, 5.41) is 22.6. The van der Waals surface area contributed by atoms with Crippen molar-refractivity contribution in [3.63, 3.8) is 0 Å². The number of amides is 1. The summed E-state index contributed by atoms with van der Waals surface area (Å²) in [6.07, 6.45) is 0. The van der Waals surface area contributed by atoms with Crippen molar-refractivity contribution in [2.24, 2.45) is 0 Å². The van der Waals surface area contributed by atoms with E-state index in [1.807, 2.05) is 32.9 Å². The third-order valence-electron chi connectivity index (χ3n) is 6.20. The van der Waals surface area contributed by atoms with Crippen LogP contribution in [-0.4, -0.2) is 35.4 Å². The summed E-state index contributed by atoms with van der Waals surface area (Å²) in [5.74, 6) is -1.35. The van der Waals surface area contributed by atoms with Crippen LogP contribution in [0.25, 0.3) is 5.76 Å². The Morgan fingerprint density at radius 1 is 1.05 bits per heavy atom. The molecular weight excluding hydrogens is 476 g/mol. The van der Waals surface area contributed by atoms with Gasteiger partial charge in [-0.2, -0.15) is 0 Å². The molecule has 0 aromatic heterocycles. The molecule has 0 radical (unpaired) electrons. The number of carbonyl (C=O) groups is 2. The molecule has 1 N–H and O–H groups in total. The Morgan fingerprint density at radius 2 is 1.81 bits per heavy atom. The lowest BCUT2D eigenvalue weighted by atomic mass is 9.94. The number of non-ortho nitro benzene ring substituents is 1. The van der Waals surface area contributed by atoms with Crippen LogP contribution in [0.2, 0.25) is 0 Å². The number of methoxy groups -OCH3 is 1. The Kier molecular flexibility index (Phi) is 6.97. The van der Waals surface area contributed by atoms with Crippen LogP contribution >= 0.6 is 0 Å². The summed E-state index contributed by atoms with van der Waals surface area (Å²) >= 11 is 0. The molecule has 0 bridgehead atoms. The van der Waals surface area contributed by atoms with Gasteiger partial charge in [-0.25, -0.2) is 0 Å². The Hall–Kier alpha value is -4.66. The summed E-state index contributed by atoms with van der Waals surface area (Å²) in [7, 11) is 1.50. The van der Waals surface area contributed by atoms with Crippen molar-refractivity contribution in [1.82, 2.24) is 0 Å². The maximum absolute atomic E-state index is 13.5. The van der Waals surface area contributed by atoms with Gasteiger partial charge in [-0.15, -0.1) is 0 Å². The number of nitro groups is 1. The number of ketones is 1. The molecule has 1 atom stereocenters. The van der Waals surface area contributed by atoms with E-state index in [1.165, 1.54) is 30.2 Å². The quantitative estimate of drug-likeness (QED) is 0.154. The highest BCUT2D eigenvalue weighted by atomic mass is 16.6. The van der Waals surface area contributed by atoms with Crippen molar-refractivity contribution < 1.29 is 29.1 Å². The highest BCUT2D eigenvalue weighted by Gasteiger charge is 2.47. The molecule has 3 aromatic carbocycles. The van der Waals surface area contributed by atoms with Gasteiger partial charge in [0.15, 0.2) is 11.5 Å². The predicted octanol–water partition coefficient (Wildman–Crippen LogP) is 5.25. The average molecular weight is 503 g/mol. The van der Waals surface area contributed by atoms with Gasteiger partial charge in [-0.05, 0) is 55.7 Å². The number of aliphatic hydroxyl groups is 1. The third-order valence-corrected chi connectivity index (χ3v) is 6.20. The van der Waals surface area contributed by atoms with Gasteiger partial charge < -0.3 is 14.6 Å². The summed E-state index contributed by atoms with van der Waals surface area (Å²) in [6, 6.07) is 14.8. The number of anilines is 1. The molecule has 9 heteroatoms. The van der Waals surface area contributed by atoms with Crippen molar-refractivity contribution in [1.29, 1.82) is 0 Å². The molecule has 0 saturated carbocycles. The number of nitrogens with zero attached hydrogens (tertiary/aromatic N) is 2. The molecule has 9 nitrogen and oxygen atoms in total. The van der Waals surface area contributed by atoms with Crippen LogP contribution < -0.4 is 14.4 Å². The van der Waals surface area contributed by atoms with E-state index < -0.39 is 28.4 Å². The van der Waals surface area contributed by atoms with E-state index in [4.69, 9.17) is 9.47 Å². The van der Waals surface area contributed by atoms with E-state index in [-0.39, 0.29) is 16.8 Å². The van der Waals surface area contributed by atoms with Crippen molar-refractivity contribution in [2.45, 2.75) is 26.8 Å². The molecule has 1 heterocycles. The fraction of sp³-hybridized carbons (Fsp3) is 0.214. The Balaban J connectivity index is 2.01. The number of Topliss-reactive ketones (excluding diaryl/α,β-unsaturated/α-hetero) is 1. The number of rotatable bonds is 7. The van der Waals surface area contributed by atoms with Crippen LogP contribution in [0, 0.1) is 24.0 Å². The lowest BCUT2D eigenvalue weighted by Crippen LogP contribution is -2.30. The summed E-state index contributed by atoms with van der Waals surface area (Å²) in [6.45, 7) is 5.87. The fourth-order valence-corrected chi connectivity index (χ4v) is 4.43. The van der Waals surface area contributed by atoms with Gasteiger partial charge in [-0.3, -0.25) is 24.6 Å². The van der Waals surface area contributed by atoms with Gasteiger partial charge in [0.2, 0.25) is 0 Å². The van der Waals surface area contributed by atoms with Gasteiger partial charge >= 0.3 is 0 Å². The fourth-order valence-electron chi connectivity index (χ4n) is 4.43. The smallest absolute Gasteiger partial charge is 0.300 e. The Morgan fingerprint density at radius 3 is 2.49 bits per heavy atom. The minimum atomic E-state index is -1.02. The number of carbonyl (C=O) groups excluding carboxylic acids is 2. The van der Waals surface area contributed by atoms with Gasteiger partial charge in [0, 0.05) is 23.4 Å². The van der Waals surface area contributed by atoms with Crippen molar-refractivity contribution in [3.8, 4) is 11.5 Å². The van der Waals surface area contributed by atoms with E-state index in [9.17, 15) is 24.8 Å². The SMILES string of the molecule is CCOc1cc(C2/C(=C(\O)c3cccc([N+](=O)[O-])c3)C(=O)C(=O)N2c2cc(C)ccc2C)ccc1OC. The van der Waals surface area contributed by atoms with E-state index in [2.05, 4.69) is 0 Å². The second kappa shape index (κ2) is 10.1. The van der Waals surface area contributed by atoms with Crippen LogP contribution in [-0.2, 0) is 9.59 Å². The number of benzene rings is 3. The van der Waals surface area contributed by atoms with Crippen LogP contribution in [0.4, 0.5) is 11.4 Å². The molecule has 1 unspecified atom stereocenters. The lowest BCUT2D eigenvalue weighted by Gasteiger charge is -2.27. The number of nitro benzene ring substituents is 1. The molecule has 1 fully saturated rings. The van der Waals surface area contributed by atoms with Gasteiger partial charge in [0.25, 0.3) is 17.4 Å². The lowest BCUT2D eigenvalue weighted by molar-refractivity contribution is -0.384. The van der Waals surface area contributed by atoms with Crippen LogP contribution in [0.5, 0.6) is 11.5 Å². The molecule has 4 rings (SSSR count). The molecule has 0 aliphatic carbocycles. The number of aryl methyl sites for hydroxylation is 2. The van der Waals surface area contributed by atoms with Gasteiger partial charge in [0.05, 0.1) is 30.3 Å². The van der Waals surface area contributed by atoms with Crippen LogP contribution in [0.1, 0.15) is 35.2 Å². The van der Waals surface area contributed by atoms with Crippen molar-refractivity contribution in [2.75, 3.05) is 18.6 Å².